The number of aryl methyl sites for hydroxylation is 1. The molecule has 0 fully saturated rings. The number of methoxy groups -OCH3 is 2. The highest BCUT2D eigenvalue weighted by atomic mass is 16.5. The van der Waals surface area contributed by atoms with Gasteiger partial charge in [-0.1, -0.05) is 36.4 Å². The molecule has 0 unspecified atom stereocenters. The van der Waals surface area contributed by atoms with E-state index in [1.165, 1.54) is 6.08 Å². The molecular weight excluding hydrogens is 380 g/mol. The second kappa shape index (κ2) is 9.56. The monoisotopic (exact) mass is 402 g/mol. The summed E-state index contributed by atoms with van der Waals surface area (Å²) in [6.45, 7) is 1.79. The van der Waals surface area contributed by atoms with E-state index in [0.717, 1.165) is 5.56 Å². The smallest absolute Gasteiger partial charge is 0.336 e. The van der Waals surface area contributed by atoms with E-state index < -0.39 is 5.97 Å². The van der Waals surface area contributed by atoms with Gasteiger partial charge in [0.2, 0.25) is 0 Å². The van der Waals surface area contributed by atoms with Crippen LogP contribution in [0, 0.1) is 6.92 Å². The van der Waals surface area contributed by atoms with Crippen LogP contribution < -0.4 is 14.2 Å². The molecule has 5 nitrogen and oxygen atoms in total. The van der Waals surface area contributed by atoms with Gasteiger partial charge >= 0.3 is 5.97 Å². The lowest BCUT2D eigenvalue weighted by Gasteiger charge is -2.08. The first-order chi connectivity index (χ1) is 14.5. The summed E-state index contributed by atoms with van der Waals surface area (Å²) in [6, 6.07) is 19.4. The molecule has 0 bridgehead atoms. The van der Waals surface area contributed by atoms with E-state index in [9.17, 15) is 9.59 Å². The lowest BCUT2D eigenvalue weighted by atomic mass is 10.0. The van der Waals surface area contributed by atoms with Crippen LogP contribution in [0.3, 0.4) is 0 Å². The standard InChI is InChI=1S/C25H22O5/c1-17-15-20(25(27)19-7-5-4-6-8-19)11-13-21(17)30-24(26)14-10-18-9-12-22(28-2)23(16-18)29-3/h4-16H,1-3H3/b14-10+. The molecule has 0 aliphatic carbocycles. The Hall–Kier alpha value is -3.86. The number of esters is 1. The molecule has 30 heavy (non-hydrogen) atoms. The summed E-state index contributed by atoms with van der Waals surface area (Å²) < 4.78 is 15.9. The van der Waals surface area contributed by atoms with Gasteiger partial charge < -0.3 is 14.2 Å². The number of hydrogen-bond acceptors (Lipinski definition) is 5. The van der Waals surface area contributed by atoms with Crippen LogP contribution in [0.5, 0.6) is 17.2 Å². The van der Waals surface area contributed by atoms with Gasteiger partial charge in [0.15, 0.2) is 17.3 Å². The Bertz CT molecular complexity index is 1080. The molecule has 0 spiro atoms. The number of ether oxygens (including phenoxy) is 3. The highest BCUT2D eigenvalue weighted by Crippen LogP contribution is 2.28. The minimum atomic E-state index is -0.518. The minimum Gasteiger partial charge on any atom is -0.493 e. The summed E-state index contributed by atoms with van der Waals surface area (Å²) >= 11 is 0. The van der Waals surface area contributed by atoms with Gasteiger partial charge in [-0.15, -0.1) is 0 Å². The van der Waals surface area contributed by atoms with Crippen molar-refractivity contribution in [2.45, 2.75) is 6.92 Å². The Morgan fingerprint density at radius 2 is 1.47 bits per heavy atom. The third kappa shape index (κ3) is 4.94. The van der Waals surface area contributed by atoms with Gasteiger partial charge in [-0.25, -0.2) is 4.79 Å². The van der Waals surface area contributed by atoms with Gasteiger partial charge in [0.25, 0.3) is 0 Å². The molecule has 0 saturated carbocycles. The second-order valence-corrected chi connectivity index (χ2v) is 6.54. The molecule has 0 radical (unpaired) electrons. The van der Waals surface area contributed by atoms with E-state index in [0.29, 0.717) is 33.9 Å². The maximum absolute atomic E-state index is 12.6. The zero-order valence-electron chi connectivity index (χ0n) is 17.0. The number of carbonyl (C=O) groups is 2. The van der Waals surface area contributed by atoms with Crippen molar-refractivity contribution in [3.05, 3.63) is 95.1 Å². The largest absolute Gasteiger partial charge is 0.493 e. The maximum atomic E-state index is 12.6. The zero-order chi connectivity index (χ0) is 21.5. The third-order valence-corrected chi connectivity index (χ3v) is 4.50. The first-order valence-corrected chi connectivity index (χ1v) is 9.34. The molecule has 0 aromatic heterocycles. The molecule has 3 rings (SSSR count). The van der Waals surface area contributed by atoms with Crippen LogP contribution in [0.25, 0.3) is 6.08 Å². The van der Waals surface area contributed by atoms with E-state index in [1.807, 2.05) is 18.2 Å². The fourth-order valence-corrected chi connectivity index (χ4v) is 2.92. The average molecular weight is 402 g/mol. The molecule has 152 valence electrons. The number of carbonyl (C=O) groups excluding carboxylic acids is 2. The van der Waals surface area contributed by atoms with Crippen LogP contribution in [0.1, 0.15) is 27.0 Å². The van der Waals surface area contributed by atoms with E-state index in [1.54, 1.807) is 75.8 Å². The molecule has 0 N–H and O–H groups in total. The normalized spacial score (nSPS) is 10.6. The molecule has 0 aliphatic rings. The Balaban J connectivity index is 1.70. The van der Waals surface area contributed by atoms with Crippen molar-refractivity contribution >= 4 is 17.8 Å². The zero-order valence-corrected chi connectivity index (χ0v) is 17.0. The van der Waals surface area contributed by atoms with Crippen molar-refractivity contribution in [3.63, 3.8) is 0 Å². The van der Waals surface area contributed by atoms with Gasteiger partial charge in [0, 0.05) is 17.2 Å². The van der Waals surface area contributed by atoms with Crippen molar-refractivity contribution in [1.82, 2.24) is 0 Å². The van der Waals surface area contributed by atoms with Crippen LogP contribution in [0.4, 0.5) is 0 Å². The molecule has 0 aliphatic heterocycles. The van der Waals surface area contributed by atoms with Crippen molar-refractivity contribution in [3.8, 4) is 17.2 Å². The van der Waals surface area contributed by atoms with Crippen molar-refractivity contribution < 1.29 is 23.8 Å². The van der Waals surface area contributed by atoms with Crippen LogP contribution in [-0.4, -0.2) is 26.0 Å². The summed E-state index contributed by atoms with van der Waals surface area (Å²) in [5, 5.41) is 0. The molecule has 3 aromatic carbocycles. The average Bonchev–Trinajstić information content (AvgIpc) is 2.78. The lowest BCUT2D eigenvalue weighted by Crippen LogP contribution is -2.06. The topological polar surface area (TPSA) is 61.8 Å². The van der Waals surface area contributed by atoms with Gasteiger partial charge in [-0.05, 0) is 54.5 Å². The van der Waals surface area contributed by atoms with E-state index in [4.69, 9.17) is 14.2 Å². The van der Waals surface area contributed by atoms with Gasteiger partial charge in [-0.3, -0.25) is 4.79 Å². The minimum absolute atomic E-state index is 0.0788. The maximum Gasteiger partial charge on any atom is 0.336 e. The second-order valence-electron chi connectivity index (χ2n) is 6.54. The van der Waals surface area contributed by atoms with Crippen molar-refractivity contribution in [1.29, 1.82) is 0 Å². The molecule has 0 amide bonds. The number of ketones is 1. The summed E-state index contributed by atoms with van der Waals surface area (Å²) in [5.41, 5.74) is 2.62. The molecule has 0 heterocycles. The number of hydrogen-bond donors (Lipinski definition) is 0. The van der Waals surface area contributed by atoms with Crippen LogP contribution in [0.2, 0.25) is 0 Å². The number of benzene rings is 3. The highest BCUT2D eigenvalue weighted by Gasteiger charge is 2.12. The third-order valence-electron chi connectivity index (χ3n) is 4.50. The van der Waals surface area contributed by atoms with Crippen LogP contribution in [0.15, 0.2) is 72.8 Å². The van der Waals surface area contributed by atoms with Gasteiger partial charge in [0.05, 0.1) is 14.2 Å². The molecular formula is C25H22O5. The molecule has 0 saturated heterocycles. The summed E-state index contributed by atoms with van der Waals surface area (Å²) in [7, 11) is 3.11. The summed E-state index contributed by atoms with van der Waals surface area (Å²) in [6.07, 6.45) is 2.97. The molecule has 5 heteroatoms. The predicted octanol–water partition coefficient (Wildman–Crippen LogP) is 4.86. The quantitative estimate of drug-likeness (QED) is 0.244. The van der Waals surface area contributed by atoms with E-state index in [2.05, 4.69) is 0 Å². The predicted molar refractivity (Wildman–Crippen MR) is 115 cm³/mol. The Labute approximate surface area is 175 Å². The fourth-order valence-electron chi connectivity index (χ4n) is 2.92. The van der Waals surface area contributed by atoms with Gasteiger partial charge in [-0.2, -0.15) is 0 Å². The van der Waals surface area contributed by atoms with Crippen molar-refractivity contribution in [2.75, 3.05) is 14.2 Å². The highest BCUT2D eigenvalue weighted by molar-refractivity contribution is 6.09. The fraction of sp³-hybridized carbons (Fsp3) is 0.120. The number of rotatable bonds is 7. The van der Waals surface area contributed by atoms with Gasteiger partial charge in [0.1, 0.15) is 5.75 Å². The SMILES string of the molecule is COc1ccc(/C=C/C(=O)Oc2ccc(C(=O)c3ccccc3)cc2C)cc1OC. The van der Waals surface area contributed by atoms with Crippen LogP contribution in [-0.2, 0) is 4.79 Å². The summed E-state index contributed by atoms with van der Waals surface area (Å²) in [5.74, 6) is 0.988. The molecule has 0 atom stereocenters. The lowest BCUT2D eigenvalue weighted by molar-refractivity contribution is -0.128. The van der Waals surface area contributed by atoms with E-state index in [-0.39, 0.29) is 5.78 Å². The molecule has 3 aromatic rings. The first-order valence-electron chi connectivity index (χ1n) is 9.34. The Kier molecular flexibility index (Phi) is 6.65. The van der Waals surface area contributed by atoms with Crippen LogP contribution >= 0.6 is 0 Å². The first kappa shape index (κ1) is 20.9. The van der Waals surface area contributed by atoms with Crippen molar-refractivity contribution in [2.24, 2.45) is 0 Å². The summed E-state index contributed by atoms with van der Waals surface area (Å²) in [4.78, 5) is 24.8. The Morgan fingerprint density at radius 3 is 2.13 bits per heavy atom. The van der Waals surface area contributed by atoms with E-state index >= 15 is 0 Å². The Morgan fingerprint density at radius 1 is 0.767 bits per heavy atom.